The Bertz CT molecular complexity index is 1020. The predicted molar refractivity (Wildman–Crippen MR) is 109 cm³/mol. The monoisotopic (exact) mass is 478 g/mol. The Morgan fingerprint density at radius 3 is 2.62 bits per heavy atom. The molecule has 2 heterocycles. The second-order valence-corrected chi connectivity index (χ2v) is 12.4. The Labute approximate surface area is 166 Å². The van der Waals surface area contributed by atoms with E-state index in [9.17, 15) is 16.8 Å². The van der Waals surface area contributed by atoms with Crippen LogP contribution < -0.4 is 9.03 Å². The normalized spacial score (nSPS) is 14.9. The molecular weight excluding hydrogens is 460 g/mol. The van der Waals surface area contributed by atoms with Crippen molar-refractivity contribution in [2.45, 2.75) is 30.4 Å². The summed E-state index contributed by atoms with van der Waals surface area (Å²) in [6.07, 6.45) is 1.99. The van der Waals surface area contributed by atoms with Gasteiger partial charge in [0, 0.05) is 12.2 Å². The smallest absolute Gasteiger partial charge is 0.271 e. The van der Waals surface area contributed by atoms with Gasteiger partial charge in [0.2, 0.25) is 10.0 Å². The van der Waals surface area contributed by atoms with Crippen LogP contribution in [0.25, 0.3) is 0 Å². The zero-order chi connectivity index (χ0) is 18.9. The summed E-state index contributed by atoms with van der Waals surface area (Å²) in [5.41, 5.74) is 1.91. The first-order valence-corrected chi connectivity index (χ1v) is 12.8. The Morgan fingerprint density at radius 1 is 1.19 bits per heavy atom. The lowest BCUT2D eigenvalue weighted by atomic mass is 10.0. The molecule has 0 saturated carbocycles. The van der Waals surface area contributed by atoms with Crippen LogP contribution in [0.5, 0.6) is 0 Å². The molecule has 0 fully saturated rings. The highest BCUT2D eigenvalue weighted by atomic mass is 79.9. The molecule has 1 aliphatic rings. The number of nitrogens with one attached hydrogen (secondary N) is 1. The molecule has 0 unspecified atom stereocenters. The highest BCUT2D eigenvalue weighted by molar-refractivity contribution is 9.11. The minimum atomic E-state index is -3.66. The van der Waals surface area contributed by atoms with Crippen LogP contribution in [0.3, 0.4) is 0 Å². The molecule has 1 N–H and O–H groups in total. The van der Waals surface area contributed by atoms with Crippen LogP contribution in [0.1, 0.15) is 25.3 Å². The third-order valence-electron chi connectivity index (χ3n) is 4.02. The summed E-state index contributed by atoms with van der Waals surface area (Å²) < 4.78 is 54.8. The second-order valence-electron chi connectivity index (χ2n) is 6.00. The number of sulfonamides is 2. The molecular formula is C16H19BrN2O4S3. The molecule has 10 heteroatoms. The molecule has 1 aliphatic heterocycles. The number of hydrogen-bond donors (Lipinski definition) is 1. The van der Waals surface area contributed by atoms with Crippen molar-refractivity contribution in [1.82, 2.24) is 0 Å². The molecule has 26 heavy (non-hydrogen) atoms. The van der Waals surface area contributed by atoms with Crippen molar-refractivity contribution in [1.29, 1.82) is 0 Å². The van der Waals surface area contributed by atoms with Gasteiger partial charge in [0.1, 0.15) is 4.21 Å². The number of hydrogen-bond acceptors (Lipinski definition) is 5. The summed E-state index contributed by atoms with van der Waals surface area (Å²) >= 11 is 4.39. The summed E-state index contributed by atoms with van der Waals surface area (Å²) in [6, 6.07) is 8.24. The molecule has 0 atom stereocenters. The van der Waals surface area contributed by atoms with E-state index < -0.39 is 20.0 Å². The molecule has 2 aromatic rings. The van der Waals surface area contributed by atoms with Gasteiger partial charge in [-0.05, 0) is 71.1 Å². The Hall–Kier alpha value is -1.10. The van der Waals surface area contributed by atoms with Crippen LogP contribution in [0.15, 0.2) is 38.3 Å². The predicted octanol–water partition coefficient (Wildman–Crippen LogP) is 3.80. The van der Waals surface area contributed by atoms with Crippen molar-refractivity contribution in [3.8, 4) is 0 Å². The fourth-order valence-electron chi connectivity index (χ4n) is 2.93. The van der Waals surface area contributed by atoms with Crippen LogP contribution in [0.4, 0.5) is 11.4 Å². The van der Waals surface area contributed by atoms with Gasteiger partial charge in [0.15, 0.2) is 0 Å². The maximum Gasteiger partial charge on any atom is 0.271 e. The fraction of sp³-hybridized carbons (Fsp3) is 0.375. The van der Waals surface area contributed by atoms with Gasteiger partial charge >= 0.3 is 0 Å². The van der Waals surface area contributed by atoms with E-state index in [2.05, 4.69) is 20.7 Å². The maximum absolute atomic E-state index is 12.5. The average molecular weight is 479 g/mol. The van der Waals surface area contributed by atoms with E-state index in [-0.39, 0.29) is 9.96 Å². The first-order chi connectivity index (χ1) is 12.2. The maximum atomic E-state index is 12.5. The molecule has 0 spiro atoms. The van der Waals surface area contributed by atoms with Gasteiger partial charge in [0.25, 0.3) is 10.0 Å². The second kappa shape index (κ2) is 7.49. The van der Waals surface area contributed by atoms with Gasteiger partial charge in [-0.3, -0.25) is 9.03 Å². The van der Waals surface area contributed by atoms with Crippen molar-refractivity contribution in [2.75, 3.05) is 21.3 Å². The van der Waals surface area contributed by atoms with Gasteiger partial charge in [-0.25, -0.2) is 16.8 Å². The highest BCUT2D eigenvalue weighted by Crippen LogP contribution is 2.33. The van der Waals surface area contributed by atoms with E-state index in [0.717, 1.165) is 20.7 Å². The number of aryl methyl sites for hydroxylation is 1. The van der Waals surface area contributed by atoms with Gasteiger partial charge in [0.05, 0.1) is 15.2 Å². The standard InChI is InChI=1S/C16H19BrN2O4S3/c1-2-10-25(20,21)19-9-3-4-12-11-13(5-6-14(12)19)18-26(22,23)16-8-7-15(17)24-16/h5-8,11,18H,2-4,9-10H2,1H3. The van der Waals surface area contributed by atoms with Gasteiger partial charge < -0.3 is 0 Å². The molecule has 0 amide bonds. The summed E-state index contributed by atoms with van der Waals surface area (Å²) in [5.74, 6) is 0.105. The van der Waals surface area contributed by atoms with E-state index in [1.165, 1.54) is 10.4 Å². The van der Waals surface area contributed by atoms with E-state index in [1.807, 2.05) is 6.92 Å². The number of fused-ring (bicyclic) bond motifs is 1. The van der Waals surface area contributed by atoms with Crippen LogP contribution in [-0.2, 0) is 26.5 Å². The van der Waals surface area contributed by atoms with Gasteiger partial charge in [-0.2, -0.15) is 0 Å². The lowest BCUT2D eigenvalue weighted by molar-refractivity contribution is 0.585. The van der Waals surface area contributed by atoms with Crippen molar-refractivity contribution in [2.24, 2.45) is 0 Å². The van der Waals surface area contributed by atoms with E-state index in [1.54, 1.807) is 24.3 Å². The Kier molecular flexibility index (Phi) is 5.66. The molecule has 1 aromatic heterocycles. The van der Waals surface area contributed by atoms with Gasteiger partial charge in [-0.1, -0.05) is 6.92 Å². The third-order valence-corrected chi connectivity index (χ3v) is 9.49. The summed E-state index contributed by atoms with van der Waals surface area (Å²) in [6.45, 7) is 2.30. The van der Waals surface area contributed by atoms with E-state index in [0.29, 0.717) is 37.2 Å². The lowest BCUT2D eigenvalue weighted by Crippen LogP contribution is -2.37. The van der Waals surface area contributed by atoms with Crippen molar-refractivity contribution in [3.05, 3.63) is 39.7 Å². The van der Waals surface area contributed by atoms with Crippen LogP contribution in [-0.4, -0.2) is 29.1 Å². The van der Waals surface area contributed by atoms with Crippen molar-refractivity contribution >= 4 is 58.7 Å². The largest absolute Gasteiger partial charge is 0.279 e. The van der Waals surface area contributed by atoms with Crippen LogP contribution in [0, 0.1) is 0 Å². The zero-order valence-electron chi connectivity index (χ0n) is 14.1. The quantitative estimate of drug-likeness (QED) is 0.683. The fourth-order valence-corrected chi connectivity index (χ4v) is 7.61. The average Bonchev–Trinajstić information content (AvgIpc) is 3.01. The molecule has 3 rings (SSSR count). The first-order valence-electron chi connectivity index (χ1n) is 8.14. The first kappa shape index (κ1) is 19.7. The molecule has 142 valence electrons. The minimum Gasteiger partial charge on any atom is -0.279 e. The number of benzene rings is 1. The summed E-state index contributed by atoms with van der Waals surface area (Å²) in [7, 11) is -7.01. The third kappa shape index (κ3) is 4.08. The summed E-state index contributed by atoms with van der Waals surface area (Å²) in [4.78, 5) is 0. The molecule has 0 aliphatic carbocycles. The van der Waals surface area contributed by atoms with Crippen molar-refractivity contribution < 1.29 is 16.8 Å². The SMILES string of the molecule is CCCS(=O)(=O)N1CCCc2cc(NS(=O)(=O)c3ccc(Br)s3)ccc21. The van der Waals surface area contributed by atoms with E-state index in [4.69, 9.17) is 0 Å². The molecule has 0 bridgehead atoms. The lowest BCUT2D eigenvalue weighted by Gasteiger charge is -2.30. The number of rotatable bonds is 6. The molecule has 0 saturated heterocycles. The zero-order valence-corrected chi connectivity index (χ0v) is 18.1. The molecule has 0 radical (unpaired) electrons. The topological polar surface area (TPSA) is 83.6 Å². The van der Waals surface area contributed by atoms with Crippen LogP contribution >= 0.6 is 27.3 Å². The number of halogens is 1. The van der Waals surface area contributed by atoms with E-state index >= 15 is 0 Å². The number of nitrogens with zero attached hydrogens (tertiary/aromatic N) is 1. The molecule has 6 nitrogen and oxygen atoms in total. The molecule has 1 aromatic carbocycles. The number of thiophene rings is 1. The van der Waals surface area contributed by atoms with Crippen LogP contribution in [0.2, 0.25) is 0 Å². The van der Waals surface area contributed by atoms with Crippen molar-refractivity contribution in [3.63, 3.8) is 0 Å². The summed E-state index contributed by atoms with van der Waals surface area (Å²) in [5, 5.41) is 0. The Balaban J connectivity index is 1.90. The highest BCUT2D eigenvalue weighted by Gasteiger charge is 2.27. The Morgan fingerprint density at radius 2 is 1.96 bits per heavy atom. The minimum absolute atomic E-state index is 0.105. The van der Waals surface area contributed by atoms with Gasteiger partial charge in [-0.15, -0.1) is 11.3 Å². The number of anilines is 2.